The molecule has 0 bridgehead atoms. The molecule has 0 heterocycles. The van der Waals surface area contributed by atoms with E-state index in [1.54, 1.807) is 6.92 Å². The van der Waals surface area contributed by atoms with E-state index in [2.05, 4.69) is 40.6 Å². The Morgan fingerprint density at radius 1 is 1.08 bits per heavy atom. The SMILES string of the molecule is CC(N)=N/N=C(\C)c1ccc(NC(=O)C2=Cc3cc(C)ccc3C2)cc1. The summed E-state index contributed by atoms with van der Waals surface area (Å²) in [6, 6.07) is 13.8. The molecule has 1 aliphatic carbocycles. The molecule has 0 unspecified atom stereocenters. The molecular weight excluding hydrogens is 324 g/mol. The van der Waals surface area contributed by atoms with Crippen molar-refractivity contribution in [3.05, 3.63) is 70.3 Å². The van der Waals surface area contributed by atoms with Gasteiger partial charge in [0.1, 0.15) is 5.84 Å². The topological polar surface area (TPSA) is 79.8 Å². The van der Waals surface area contributed by atoms with E-state index in [9.17, 15) is 4.79 Å². The first-order valence-corrected chi connectivity index (χ1v) is 8.48. The van der Waals surface area contributed by atoms with Gasteiger partial charge in [-0.3, -0.25) is 4.79 Å². The number of hydrogen-bond acceptors (Lipinski definition) is 3. The van der Waals surface area contributed by atoms with Gasteiger partial charge < -0.3 is 11.1 Å². The molecule has 5 nitrogen and oxygen atoms in total. The smallest absolute Gasteiger partial charge is 0.251 e. The van der Waals surface area contributed by atoms with Gasteiger partial charge in [0.25, 0.3) is 5.91 Å². The molecule has 0 saturated heterocycles. The van der Waals surface area contributed by atoms with Crippen molar-refractivity contribution in [2.75, 3.05) is 5.32 Å². The second-order valence-electron chi connectivity index (χ2n) is 6.51. The van der Waals surface area contributed by atoms with Crippen LogP contribution in [0.15, 0.2) is 58.2 Å². The molecule has 2 aromatic rings. The first-order chi connectivity index (χ1) is 12.4. The van der Waals surface area contributed by atoms with Crippen LogP contribution in [0.1, 0.15) is 36.1 Å². The third-order valence-corrected chi connectivity index (χ3v) is 4.22. The predicted molar refractivity (Wildman–Crippen MR) is 107 cm³/mol. The zero-order valence-corrected chi connectivity index (χ0v) is 15.2. The molecule has 5 heteroatoms. The summed E-state index contributed by atoms with van der Waals surface area (Å²) in [6.45, 7) is 5.61. The number of amidine groups is 1. The van der Waals surface area contributed by atoms with Crippen LogP contribution in [-0.4, -0.2) is 17.5 Å². The molecule has 0 spiro atoms. The van der Waals surface area contributed by atoms with Crippen molar-refractivity contribution in [2.24, 2.45) is 15.9 Å². The van der Waals surface area contributed by atoms with Crippen LogP contribution in [0.25, 0.3) is 6.08 Å². The number of nitrogens with zero attached hydrogens (tertiary/aromatic N) is 2. The van der Waals surface area contributed by atoms with E-state index in [4.69, 9.17) is 5.73 Å². The summed E-state index contributed by atoms with van der Waals surface area (Å²) in [7, 11) is 0. The van der Waals surface area contributed by atoms with Crippen LogP contribution in [0.5, 0.6) is 0 Å². The molecule has 0 fully saturated rings. The lowest BCUT2D eigenvalue weighted by Crippen LogP contribution is -2.14. The number of amides is 1. The Morgan fingerprint density at radius 3 is 2.50 bits per heavy atom. The van der Waals surface area contributed by atoms with Crippen LogP contribution in [0.3, 0.4) is 0 Å². The monoisotopic (exact) mass is 346 g/mol. The number of carbonyl (C=O) groups is 1. The summed E-state index contributed by atoms with van der Waals surface area (Å²) in [4.78, 5) is 12.5. The average Bonchev–Trinajstić information content (AvgIpc) is 3.03. The fraction of sp³-hybridized carbons (Fsp3) is 0.190. The second-order valence-corrected chi connectivity index (χ2v) is 6.51. The Hall–Kier alpha value is -3.21. The van der Waals surface area contributed by atoms with Crippen LogP contribution in [-0.2, 0) is 11.2 Å². The Morgan fingerprint density at radius 2 is 1.81 bits per heavy atom. The van der Waals surface area contributed by atoms with Crippen LogP contribution < -0.4 is 11.1 Å². The summed E-state index contributed by atoms with van der Waals surface area (Å²) in [5.41, 5.74) is 12.2. The summed E-state index contributed by atoms with van der Waals surface area (Å²) < 4.78 is 0. The maximum absolute atomic E-state index is 12.5. The number of rotatable bonds is 4. The highest BCUT2D eigenvalue weighted by atomic mass is 16.1. The van der Waals surface area contributed by atoms with Gasteiger partial charge in [-0.15, -0.1) is 5.10 Å². The highest BCUT2D eigenvalue weighted by molar-refractivity contribution is 6.08. The molecule has 1 amide bonds. The minimum Gasteiger partial charge on any atom is -0.386 e. The van der Waals surface area contributed by atoms with Gasteiger partial charge in [0.05, 0.1) is 5.71 Å². The Bertz CT molecular complexity index is 933. The van der Waals surface area contributed by atoms with Crippen molar-refractivity contribution in [1.82, 2.24) is 0 Å². The standard InChI is InChI=1S/C21H22N4O/c1-13-4-5-17-11-19(12-18(17)10-13)21(26)23-20-8-6-16(7-9-20)14(2)24-25-15(3)22/h4-10,12H,11H2,1-3H3,(H2,22,25)(H,23,26)/b24-14+. The van der Waals surface area contributed by atoms with E-state index < -0.39 is 0 Å². The van der Waals surface area contributed by atoms with E-state index in [0.29, 0.717) is 12.3 Å². The Labute approximate surface area is 153 Å². The lowest BCUT2D eigenvalue weighted by Gasteiger charge is -2.07. The van der Waals surface area contributed by atoms with E-state index in [-0.39, 0.29) is 5.91 Å². The number of nitrogens with two attached hydrogens (primary N) is 1. The third-order valence-electron chi connectivity index (χ3n) is 4.22. The van der Waals surface area contributed by atoms with Gasteiger partial charge in [0.15, 0.2) is 0 Å². The number of anilines is 1. The summed E-state index contributed by atoms with van der Waals surface area (Å²) >= 11 is 0. The van der Waals surface area contributed by atoms with Gasteiger partial charge >= 0.3 is 0 Å². The first kappa shape index (κ1) is 17.6. The van der Waals surface area contributed by atoms with E-state index >= 15 is 0 Å². The summed E-state index contributed by atoms with van der Waals surface area (Å²) in [6.07, 6.45) is 2.64. The molecule has 0 radical (unpaired) electrons. The molecule has 0 aliphatic heterocycles. The van der Waals surface area contributed by atoms with E-state index in [1.807, 2.05) is 37.3 Å². The van der Waals surface area contributed by atoms with Crippen molar-refractivity contribution in [1.29, 1.82) is 0 Å². The van der Waals surface area contributed by atoms with Gasteiger partial charge in [0, 0.05) is 17.7 Å². The van der Waals surface area contributed by atoms with Gasteiger partial charge in [-0.2, -0.15) is 5.10 Å². The van der Waals surface area contributed by atoms with Gasteiger partial charge in [-0.1, -0.05) is 35.9 Å². The lowest BCUT2D eigenvalue weighted by molar-refractivity contribution is -0.112. The quantitative estimate of drug-likeness (QED) is 0.503. The number of aryl methyl sites for hydroxylation is 1. The van der Waals surface area contributed by atoms with Crippen molar-refractivity contribution < 1.29 is 4.79 Å². The van der Waals surface area contributed by atoms with Crippen molar-refractivity contribution >= 4 is 29.2 Å². The maximum Gasteiger partial charge on any atom is 0.251 e. The van der Waals surface area contributed by atoms with Crippen molar-refractivity contribution in [3.63, 3.8) is 0 Å². The molecule has 0 aromatic heterocycles. The minimum absolute atomic E-state index is 0.0691. The molecular formula is C21H22N4O. The molecule has 2 aromatic carbocycles. The molecule has 26 heavy (non-hydrogen) atoms. The van der Waals surface area contributed by atoms with Crippen LogP contribution in [0, 0.1) is 6.92 Å². The first-order valence-electron chi connectivity index (χ1n) is 8.48. The fourth-order valence-electron chi connectivity index (χ4n) is 2.82. The normalized spacial score (nSPS) is 14.0. The highest BCUT2D eigenvalue weighted by Crippen LogP contribution is 2.26. The minimum atomic E-state index is -0.0691. The van der Waals surface area contributed by atoms with Gasteiger partial charge in [0.2, 0.25) is 0 Å². The number of nitrogens with one attached hydrogen (secondary N) is 1. The van der Waals surface area contributed by atoms with Crippen LogP contribution >= 0.6 is 0 Å². The van der Waals surface area contributed by atoms with Crippen molar-refractivity contribution in [3.8, 4) is 0 Å². The number of benzene rings is 2. The number of carbonyl (C=O) groups excluding carboxylic acids is 1. The molecule has 1 aliphatic rings. The zero-order valence-electron chi connectivity index (χ0n) is 15.2. The molecule has 0 atom stereocenters. The molecule has 3 N–H and O–H groups in total. The zero-order chi connectivity index (χ0) is 18.7. The molecule has 0 saturated carbocycles. The maximum atomic E-state index is 12.5. The van der Waals surface area contributed by atoms with Gasteiger partial charge in [-0.05, 0) is 55.7 Å². The summed E-state index contributed by atoms with van der Waals surface area (Å²) in [5.74, 6) is 0.342. The third kappa shape index (κ3) is 4.06. The van der Waals surface area contributed by atoms with E-state index in [0.717, 1.165) is 28.1 Å². The van der Waals surface area contributed by atoms with Gasteiger partial charge in [-0.25, -0.2) is 0 Å². The van der Waals surface area contributed by atoms with Crippen LogP contribution in [0.4, 0.5) is 5.69 Å². The predicted octanol–water partition coefficient (Wildman–Crippen LogP) is 3.67. The van der Waals surface area contributed by atoms with Crippen LogP contribution in [0.2, 0.25) is 0 Å². The number of fused-ring (bicyclic) bond motifs is 1. The molecule has 3 rings (SSSR count). The second kappa shape index (κ2) is 7.35. The highest BCUT2D eigenvalue weighted by Gasteiger charge is 2.18. The average molecular weight is 346 g/mol. The van der Waals surface area contributed by atoms with E-state index in [1.165, 1.54) is 11.1 Å². The largest absolute Gasteiger partial charge is 0.386 e. The summed E-state index contributed by atoms with van der Waals surface area (Å²) in [5, 5.41) is 10.9. The lowest BCUT2D eigenvalue weighted by atomic mass is 10.1. The van der Waals surface area contributed by atoms with Crippen molar-refractivity contribution in [2.45, 2.75) is 27.2 Å². The Kier molecular flexibility index (Phi) is 4.98. The Balaban J connectivity index is 1.68. The fourth-order valence-corrected chi connectivity index (χ4v) is 2.82. The molecule has 132 valence electrons. The number of hydrogen-bond donors (Lipinski definition) is 2.